The van der Waals surface area contributed by atoms with Crippen LogP contribution in [-0.2, 0) is 16.1 Å². The molecule has 2 fully saturated rings. The van der Waals surface area contributed by atoms with Crippen LogP contribution in [0.25, 0.3) is 0 Å². The predicted molar refractivity (Wildman–Crippen MR) is 141 cm³/mol. The molecule has 1 N–H and O–H groups in total. The highest BCUT2D eigenvalue weighted by Crippen LogP contribution is 2.29. The van der Waals surface area contributed by atoms with E-state index in [1.807, 2.05) is 29.2 Å². The van der Waals surface area contributed by atoms with Gasteiger partial charge in [-0.2, -0.15) is 0 Å². The van der Waals surface area contributed by atoms with Crippen molar-refractivity contribution in [2.75, 3.05) is 13.1 Å². The van der Waals surface area contributed by atoms with Gasteiger partial charge < -0.3 is 15.1 Å². The first-order chi connectivity index (χ1) is 17.5. The van der Waals surface area contributed by atoms with E-state index in [0.29, 0.717) is 23.6 Å². The van der Waals surface area contributed by atoms with Gasteiger partial charge in [0.25, 0.3) is 11.8 Å². The van der Waals surface area contributed by atoms with Gasteiger partial charge in [-0.15, -0.1) is 0 Å². The molecule has 6 heteroatoms. The van der Waals surface area contributed by atoms with Crippen molar-refractivity contribution >= 4 is 17.5 Å². The molecule has 2 aromatic rings. The predicted octanol–water partition coefficient (Wildman–Crippen LogP) is 5.11. The Morgan fingerprint density at radius 1 is 1.00 bits per heavy atom. The van der Waals surface area contributed by atoms with Crippen molar-refractivity contribution in [2.45, 2.75) is 76.4 Å². The molecule has 2 aliphatic heterocycles. The van der Waals surface area contributed by atoms with E-state index in [2.05, 4.69) is 40.8 Å². The summed E-state index contributed by atoms with van der Waals surface area (Å²) in [6.45, 7) is 3.37. The van der Waals surface area contributed by atoms with Crippen LogP contribution in [0.15, 0.2) is 59.8 Å². The van der Waals surface area contributed by atoms with Crippen molar-refractivity contribution in [3.8, 4) is 0 Å². The van der Waals surface area contributed by atoms with E-state index >= 15 is 0 Å². The minimum Gasteiger partial charge on any atom is -0.379 e. The van der Waals surface area contributed by atoms with Crippen LogP contribution in [0.5, 0.6) is 0 Å². The van der Waals surface area contributed by atoms with Crippen LogP contribution >= 0.6 is 0 Å². The van der Waals surface area contributed by atoms with Gasteiger partial charge in [0.1, 0.15) is 0 Å². The largest absolute Gasteiger partial charge is 0.379 e. The molecule has 1 saturated carbocycles. The fraction of sp³-hybridized carbons (Fsp3) is 0.500. The zero-order valence-corrected chi connectivity index (χ0v) is 21.2. The lowest BCUT2D eigenvalue weighted by Gasteiger charge is -2.32. The Morgan fingerprint density at radius 2 is 1.75 bits per heavy atom. The summed E-state index contributed by atoms with van der Waals surface area (Å²) in [5, 5.41) is 7.43. The standard InChI is InChI=1S/C30H37N3O3/c1-30(29(35)31-26-13-6-3-7-14-26)21-27(32-36-30)24-11-8-12-25(20-24)28(34)33-17-15-23(16-18-33)19-22-9-4-2-5-10-22/h2,4-5,8-12,20,23,26H,3,6-7,13-19,21H2,1H3,(H,31,35). The third kappa shape index (κ3) is 5.63. The smallest absolute Gasteiger partial charge is 0.267 e. The molecule has 1 aliphatic carbocycles. The average Bonchev–Trinajstić information content (AvgIpc) is 3.33. The van der Waals surface area contributed by atoms with Crippen LogP contribution in [0.2, 0.25) is 0 Å². The Bertz CT molecular complexity index is 1100. The molecule has 190 valence electrons. The molecule has 1 atom stereocenters. The quantitative estimate of drug-likeness (QED) is 0.615. The van der Waals surface area contributed by atoms with Gasteiger partial charge in [0.2, 0.25) is 5.60 Å². The lowest BCUT2D eigenvalue weighted by Crippen LogP contribution is -2.49. The van der Waals surface area contributed by atoms with E-state index in [-0.39, 0.29) is 17.9 Å². The third-order valence-corrected chi connectivity index (χ3v) is 7.99. The molecule has 36 heavy (non-hydrogen) atoms. The number of amides is 2. The molecule has 0 radical (unpaired) electrons. The maximum atomic E-state index is 13.3. The van der Waals surface area contributed by atoms with Crippen LogP contribution in [0.1, 0.15) is 79.8 Å². The number of hydrogen-bond donors (Lipinski definition) is 1. The number of benzene rings is 2. The van der Waals surface area contributed by atoms with Crippen molar-refractivity contribution in [3.05, 3.63) is 71.3 Å². The SMILES string of the molecule is CC1(C(=O)NC2CCCCC2)CC(c2cccc(C(=O)N3CCC(Cc4ccccc4)CC3)c2)=NO1. The summed E-state index contributed by atoms with van der Waals surface area (Å²) in [5.74, 6) is 0.580. The van der Waals surface area contributed by atoms with E-state index in [9.17, 15) is 9.59 Å². The summed E-state index contributed by atoms with van der Waals surface area (Å²) < 4.78 is 0. The monoisotopic (exact) mass is 487 g/mol. The number of hydrogen-bond acceptors (Lipinski definition) is 4. The molecule has 0 bridgehead atoms. The number of carbonyl (C=O) groups excluding carboxylic acids is 2. The lowest BCUT2D eigenvalue weighted by atomic mass is 9.89. The summed E-state index contributed by atoms with van der Waals surface area (Å²) in [6, 6.07) is 18.4. The Labute approximate surface area is 214 Å². The van der Waals surface area contributed by atoms with Crippen LogP contribution in [0.4, 0.5) is 0 Å². The molecule has 2 amide bonds. The van der Waals surface area contributed by atoms with Crippen LogP contribution in [-0.4, -0.2) is 47.2 Å². The van der Waals surface area contributed by atoms with Crippen LogP contribution < -0.4 is 5.32 Å². The molecular weight excluding hydrogens is 450 g/mol. The van der Waals surface area contributed by atoms with Gasteiger partial charge in [-0.1, -0.05) is 66.9 Å². The van der Waals surface area contributed by atoms with Crippen molar-refractivity contribution < 1.29 is 14.4 Å². The van der Waals surface area contributed by atoms with E-state index < -0.39 is 5.60 Å². The molecule has 0 aromatic heterocycles. The summed E-state index contributed by atoms with van der Waals surface area (Å²) in [6.07, 6.45) is 9.15. The first kappa shape index (κ1) is 24.5. The zero-order chi connectivity index (χ0) is 25.0. The Kier molecular flexibility index (Phi) is 7.40. The van der Waals surface area contributed by atoms with Crippen molar-refractivity contribution in [2.24, 2.45) is 11.1 Å². The fourth-order valence-electron chi connectivity index (χ4n) is 5.70. The Morgan fingerprint density at radius 3 is 2.50 bits per heavy atom. The van der Waals surface area contributed by atoms with E-state index in [1.165, 1.54) is 12.0 Å². The maximum absolute atomic E-state index is 13.3. The second-order valence-electron chi connectivity index (χ2n) is 10.9. The van der Waals surface area contributed by atoms with E-state index in [4.69, 9.17) is 4.84 Å². The summed E-state index contributed by atoms with van der Waals surface area (Å²) in [7, 11) is 0. The Balaban J connectivity index is 1.17. The maximum Gasteiger partial charge on any atom is 0.267 e. The van der Waals surface area contributed by atoms with Gasteiger partial charge in [0.05, 0.1) is 5.71 Å². The van der Waals surface area contributed by atoms with Gasteiger partial charge in [-0.05, 0) is 62.6 Å². The molecule has 6 nitrogen and oxygen atoms in total. The lowest BCUT2D eigenvalue weighted by molar-refractivity contribution is -0.142. The highest BCUT2D eigenvalue weighted by Gasteiger charge is 2.43. The van der Waals surface area contributed by atoms with Gasteiger partial charge in [-0.25, -0.2) is 0 Å². The summed E-state index contributed by atoms with van der Waals surface area (Å²) in [5.41, 5.74) is 2.58. The van der Waals surface area contributed by atoms with Gasteiger partial charge in [0, 0.05) is 36.7 Å². The molecule has 0 spiro atoms. The normalized spacial score (nSPS) is 23.1. The molecule has 2 heterocycles. The topological polar surface area (TPSA) is 71.0 Å². The molecule has 1 unspecified atom stereocenters. The molecule has 3 aliphatic rings. The number of likely N-dealkylation sites (tertiary alicyclic amines) is 1. The van der Waals surface area contributed by atoms with Crippen molar-refractivity contribution in [3.63, 3.8) is 0 Å². The number of carbonyl (C=O) groups is 2. The molecule has 5 rings (SSSR count). The summed E-state index contributed by atoms with van der Waals surface area (Å²) in [4.78, 5) is 33.9. The first-order valence-electron chi connectivity index (χ1n) is 13.5. The number of oxime groups is 1. The minimum atomic E-state index is -1.01. The second-order valence-corrected chi connectivity index (χ2v) is 10.9. The Hall–Kier alpha value is -3.15. The van der Waals surface area contributed by atoms with Crippen molar-refractivity contribution in [1.82, 2.24) is 10.2 Å². The summed E-state index contributed by atoms with van der Waals surface area (Å²) >= 11 is 0. The highest BCUT2D eigenvalue weighted by molar-refractivity contribution is 6.07. The van der Waals surface area contributed by atoms with Crippen LogP contribution in [0, 0.1) is 5.92 Å². The number of rotatable bonds is 6. The van der Waals surface area contributed by atoms with Gasteiger partial charge in [0.15, 0.2) is 0 Å². The first-order valence-corrected chi connectivity index (χ1v) is 13.5. The molecule has 1 saturated heterocycles. The number of nitrogens with one attached hydrogen (secondary N) is 1. The van der Waals surface area contributed by atoms with E-state index in [0.717, 1.165) is 63.6 Å². The highest BCUT2D eigenvalue weighted by atomic mass is 16.7. The average molecular weight is 488 g/mol. The van der Waals surface area contributed by atoms with Gasteiger partial charge >= 0.3 is 0 Å². The zero-order valence-electron chi connectivity index (χ0n) is 21.2. The number of nitrogens with zero attached hydrogens (tertiary/aromatic N) is 2. The molecule has 2 aromatic carbocycles. The molecular formula is C30H37N3O3. The van der Waals surface area contributed by atoms with Crippen LogP contribution in [0.3, 0.4) is 0 Å². The fourth-order valence-corrected chi connectivity index (χ4v) is 5.70. The number of piperidine rings is 1. The van der Waals surface area contributed by atoms with Crippen molar-refractivity contribution in [1.29, 1.82) is 0 Å². The van der Waals surface area contributed by atoms with E-state index in [1.54, 1.807) is 6.92 Å². The third-order valence-electron chi connectivity index (χ3n) is 7.99. The second kappa shape index (κ2) is 10.9. The minimum absolute atomic E-state index is 0.0623. The van der Waals surface area contributed by atoms with Gasteiger partial charge in [-0.3, -0.25) is 9.59 Å².